The molecular weight excluding hydrogens is 261 g/mol. The van der Waals surface area contributed by atoms with E-state index in [1.807, 2.05) is 0 Å². The lowest BCUT2D eigenvalue weighted by atomic mass is 10.2. The third kappa shape index (κ3) is 2.23. The first-order valence-electron chi connectivity index (χ1n) is 4.93. The molecule has 5 heteroatoms. The number of aromatic nitrogens is 1. The van der Waals surface area contributed by atoms with Crippen LogP contribution in [0.15, 0.2) is 18.2 Å². The van der Waals surface area contributed by atoms with Gasteiger partial charge in [-0.05, 0) is 19.1 Å². The van der Waals surface area contributed by atoms with Crippen LogP contribution in [0.5, 0.6) is 0 Å². The number of carbonyl (C=O) groups is 1. The summed E-state index contributed by atoms with van der Waals surface area (Å²) in [7, 11) is 0. The molecule has 0 bridgehead atoms. The van der Waals surface area contributed by atoms with Gasteiger partial charge in [0.25, 0.3) is 0 Å². The highest BCUT2D eigenvalue weighted by atomic mass is 35.5. The number of nitrogens with zero attached hydrogens (tertiary/aromatic N) is 1. The van der Waals surface area contributed by atoms with Gasteiger partial charge in [0.15, 0.2) is 11.6 Å². The van der Waals surface area contributed by atoms with E-state index < -0.39 is 5.82 Å². The molecule has 2 rings (SSSR count). The van der Waals surface area contributed by atoms with Gasteiger partial charge in [-0.1, -0.05) is 17.7 Å². The molecule has 88 valence electrons. The average Bonchev–Trinajstić information content (AvgIpc) is 2.64. The summed E-state index contributed by atoms with van der Waals surface area (Å²) in [5.74, 6) is -0.563. The molecule has 0 saturated heterocycles. The molecule has 0 radical (unpaired) electrons. The van der Waals surface area contributed by atoms with E-state index in [2.05, 4.69) is 4.98 Å². The molecule has 1 heterocycles. The average molecular weight is 270 g/mol. The van der Waals surface area contributed by atoms with Gasteiger partial charge in [0.2, 0.25) is 0 Å². The number of ketones is 1. The molecule has 0 spiro atoms. The molecule has 0 aliphatic rings. The Morgan fingerprint density at radius 2 is 2.18 bits per heavy atom. The van der Waals surface area contributed by atoms with Crippen molar-refractivity contribution in [1.82, 2.24) is 4.98 Å². The van der Waals surface area contributed by atoms with Crippen LogP contribution in [0.2, 0.25) is 5.02 Å². The molecule has 0 N–H and O–H groups in total. The summed E-state index contributed by atoms with van der Waals surface area (Å²) < 4.78 is 13.8. The Hall–Kier alpha value is -1.26. The standard InChI is InChI=1S/C12H9ClFNOS/c1-6-11(7(2)16)17-12(15-6)8-4-3-5-9(13)10(8)14/h3-5H,1-2H3. The lowest BCUT2D eigenvalue weighted by molar-refractivity contribution is 0.102. The second-order valence-corrected chi connectivity index (χ2v) is 5.00. The molecule has 2 nitrogen and oxygen atoms in total. The molecular formula is C12H9ClFNOS. The fraction of sp³-hybridized carbons (Fsp3) is 0.167. The Bertz CT molecular complexity index is 594. The highest BCUT2D eigenvalue weighted by Crippen LogP contribution is 2.32. The van der Waals surface area contributed by atoms with E-state index >= 15 is 0 Å². The summed E-state index contributed by atoms with van der Waals surface area (Å²) in [5, 5.41) is 0.535. The Morgan fingerprint density at radius 1 is 1.47 bits per heavy atom. The van der Waals surface area contributed by atoms with Crippen LogP contribution in [0.1, 0.15) is 22.3 Å². The molecule has 2 aromatic rings. The van der Waals surface area contributed by atoms with Gasteiger partial charge >= 0.3 is 0 Å². The van der Waals surface area contributed by atoms with Crippen LogP contribution in [0, 0.1) is 12.7 Å². The van der Waals surface area contributed by atoms with Crippen molar-refractivity contribution in [1.29, 1.82) is 0 Å². The molecule has 0 amide bonds. The SMILES string of the molecule is CC(=O)c1sc(-c2cccc(Cl)c2F)nc1C. The number of carbonyl (C=O) groups excluding carboxylic acids is 1. The fourth-order valence-corrected chi connectivity index (χ4v) is 2.66. The minimum Gasteiger partial charge on any atom is -0.294 e. The van der Waals surface area contributed by atoms with Crippen molar-refractivity contribution in [2.45, 2.75) is 13.8 Å². The molecule has 0 saturated carbocycles. The maximum absolute atomic E-state index is 13.8. The minimum atomic E-state index is -0.502. The largest absolute Gasteiger partial charge is 0.294 e. The third-order valence-corrected chi connectivity index (χ3v) is 3.88. The first-order valence-corrected chi connectivity index (χ1v) is 6.13. The first-order chi connectivity index (χ1) is 8.00. The minimum absolute atomic E-state index is 0.0553. The Kier molecular flexibility index (Phi) is 3.26. The molecule has 17 heavy (non-hydrogen) atoms. The lowest BCUT2D eigenvalue weighted by Gasteiger charge is -1.99. The van der Waals surface area contributed by atoms with E-state index in [1.54, 1.807) is 19.1 Å². The van der Waals surface area contributed by atoms with Crippen LogP contribution in [0.25, 0.3) is 10.6 Å². The second-order valence-electron chi connectivity index (χ2n) is 3.59. The van der Waals surface area contributed by atoms with Gasteiger partial charge in [0.1, 0.15) is 5.01 Å². The lowest BCUT2D eigenvalue weighted by Crippen LogP contribution is -1.89. The zero-order chi connectivity index (χ0) is 12.6. The number of halogens is 2. The van der Waals surface area contributed by atoms with Crippen molar-refractivity contribution < 1.29 is 9.18 Å². The molecule has 1 aromatic heterocycles. The van der Waals surface area contributed by atoms with E-state index in [1.165, 1.54) is 24.3 Å². The smallest absolute Gasteiger partial charge is 0.171 e. The number of benzene rings is 1. The Morgan fingerprint density at radius 3 is 2.76 bits per heavy atom. The van der Waals surface area contributed by atoms with E-state index in [-0.39, 0.29) is 10.8 Å². The van der Waals surface area contributed by atoms with Crippen molar-refractivity contribution in [2.75, 3.05) is 0 Å². The fourth-order valence-electron chi connectivity index (χ4n) is 1.51. The van der Waals surface area contributed by atoms with Crippen molar-refractivity contribution in [3.05, 3.63) is 39.6 Å². The summed E-state index contributed by atoms with van der Waals surface area (Å²) in [5.41, 5.74) is 0.954. The molecule has 1 aromatic carbocycles. The second kappa shape index (κ2) is 4.55. The predicted octanol–water partition coefficient (Wildman–Crippen LogP) is 4.11. The number of hydrogen-bond donors (Lipinski definition) is 0. The number of hydrogen-bond acceptors (Lipinski definition) is 3. The van der Waals surface area contributed by atoms with Crippen LogP contribution >= 0.6 is 22.9 Å². The van der Waals surface area contributed by atoms with Gasteiger partial charge in [-0.3, -0.25) is 4.79 Å². The summed E-state index contributed by atoms with van der Waals surface area (Å²) in [6, 6.07) is 4.74. The molecule has 0 aliphatic carbocycles. The highest BCUT2D eigenvalue weighted by Gasteiger charge is 2.16. The normalized spacial score (nSPS) is 10.6. The quantitative estimate of drug-likeness (QED) is 0.768. The molecule has 0 aliphatic heterocycles. The van der Waals surface area contributed by atoms with Crippen LogP contribution in [-0.4, -0.2) is 10.8 Å². The van der Waals surface area contributed by atoms with Crippen molar-refractivity contribution in [3.8, 4) is 10.6 Å². The van der Waals surface area contributed by atoms with Crippen LogP contribution in [-0.2, 0) is 0 Å². The van der Waals surface area contributed by atoms with Gasteiger partial charge in [-0.2, -0.15) is 0 Å². The summed E-state index contributed by atoms with van der Waals surface area (Å²) in [4.78, 5) is 16.1. The van der Waals surface area contributed by atoms with Crippen molar-refractivity contribution in [2.24, 2.45) is 0 Å². The van der Waals surface area contributed by atoms with Crippen molar-refractivity contribution in [3.63, 3.8) is 0 Å². The van der Waals surface area contributed by atoms with Crippen molar-refractivity contribution >= 4 is 28.7 Å². The van der Waals surface area contributed by atoms with Gasteiger partial charge in [-0.15, -0.1) is 11.3 Å². The monoisotopic (exact) mass is 269 g/mol. The van der Waals surface area contributed by atoms with Crippen LogP contribution in [0.3, 0.4) is 0 Å². The molecule has 0 fully saturated rings. The van der Waals surface area contributed by atoms with Crippen LogP contribution in [0.4, 0.5) is 4.39 Å². The van der Waals surface area contributed by atoms with E-state index in [9.17, 15) is 9.18 Å². The maximum Gasteiger partial charge on any atom is 0.171 e. The summed E-state index contributed by atoms with van der Waals surface area (Å²) in [6.45, 7) is 3.21. The van der Waals surface area contributed by atoms with Gasteiger partial charge < -0.3 is 0 Å². The van der Waals surface area contributed by atoms with Gasteiger partial charge in [-0.25, -0.2) is 9.37 Å². The highest BCUT2D eigenvalue weighted by molar-refractivity contribution is 7.17. The topological polar surface area (TPSA) is 30.0 Å². The van der Waals surface area contributed by atoms with E-state index in [0.717, 1.165) is 0 Å². The zero-order valence-electron chi connectivity index (χ0n) is 9.25. The van der Waals surface area contributed by atoms with Gasteiger partial charge in [0.05, 0.1) is 15.6 Å². The van der Waals surface area contributed by atoms with E-state index in [0.29, 0.717) is 21.1 Å². The van der Waals surface area contributed by atoms with E-state index in [4.69, 9.17) is 11.6 Å². The molecule has 0 unspecified atom stereocenters. The Balaban J connectivity index is 2.58. The predicted molar refractivity (Wildman–Crippen MR) is 67.3 cm³/mol. The zero-order valence-corrected chi connectivity index (χ0v) is 10.8. The number of thiazole rings is 1. The molecule has 0 atom stereocenters. The number of rotatable bonds is 2. The third-order valence-electron chi connectivity index (χ3n) is 2.30. The Labute approximate surface area is 107 Å². The van der Waals surface area contributed by atoms with Gasteiger partial charge in [0, 0.05) is 12.5 Å². The van der Waals surface area contributed by atoms with Crippen LogP contribution < -0.4 is 0 Å². The number of aryl methyl sites for hydroxylation is 1. The number of Topliss-reactive ketones (excluding diaryl/α,β-unsaturated/α-hetero) is 1. The maximum atomic E-state index is 13.8. The summed E-state index contributed by atoms with van der Waals surface area (Å²) in [6.07, 6.45) is 0. The first kappa shape index (κ1) is 12.2. The summed E-state index contributed by atoms with van der Waals surface area (Å²) >= 11 is 6.89.